The Morgan fingerprint density at radius 1 is 1.00 bits per heavy atom. The predicted molar refractivity (Wildman–Crippen MR) is 58.0 cm³/mol. The molecule has 0 N–H and O–H groups in total. The molecule has 0 unspecified atom stereocenters. The summed E-state index contributed by atoms with van der Waals surface area (Å²) < 4.78 is 0. The largest absolute Gasteiger partial charge is 0.254 e. The van der Waals surface area contributed by atoms with E-state index in [4.69, 9.17) is 0 Å². The van der Waals surface area contributed by atoms with Crippen LogP contribution >= 0.6 is 0 Å². The molecule has 0 fully saturated rings. The first-order valence-electron chi connectivity index (χ1n) is 4.67. The highest BCUT2D eigenvalue weighted by Gasteiger charge is 1.98. The summed E-state index contributed by atoms with van der Waals surface area (Å²) in [5.74, 6) is 0. The average molecular weight is 182 g/mol. The van der Waals surface area contributed by atoms with Gasteiger partial charge in [0, 0.05) is 11.8 Å². The van der Waals surface area contributed by atoms with Crippen LogP contribution in [0.4, 0.5) is 0 Å². The van der Waals surface area contributed by atoms with Gasteiger partial charge in [0.15, 0.2) is 0 Å². The monoisotopic (exact) mass is 182 g/mol. The number of aryl methyl sites for hydroxylation is 2. The molecule has 0 atom stereocenters. The van der Waals surface area contributed by atoms with Gasteiger partial charge in [-0.15, -0.1) is 0 Å². The van der Waals surface area contributed by atoms with Gasteiger partial charge in [-0.3, -0.25) is 4.98 Å². The summed E-state index contributed by atoms with van der Waals surface area (Å²) in [4.78, 5) is 3.99. The van der Waals surface area contributed by atoms with Crippen LogP contribution in [-0.4, -0.2) is 4.98 Å². The molecule has 69 valence electrons. The van der Waals surface area contributed by atoms with Crippen molar-refractivity contribution in [1.29, 1.82) is 0 Å². The minimum absolute atomic E-state index is 1.15. The topological polar surface area (TPSA) is 12.9 Å². The Balaban J connectivity index is 2.48. The number of nitrogens with zero attached hydrogens (tertiary/aromatic N) is 1. The molecule has 0 amide bonds. The number of aromatic nitrogens is 1. The zero-order valence-electron chi connectivity index (χ0n) is 8.41. The van der Waals surface area contributed by atoms with Crippen LogP contribution in [-0.2, 0) is 0 Å². The fraction of sp³-hybridized carbons (Fsp3) is 0.154. The number of pyridine rings is 1. The van der Waals surface area contributed by atoms with Crippen LogP contribution in [0.2, 0.25) is 0 Å². The minimum Gasteiger partial charge on any atom is -0.254 e. The Kier molecular flexibility index (Phi) is 2.32. The van der Waals surface area contributed by atoms with Crippen LogP contribution in [0.3, 0.4) is 0 Å². The smallest absolute Gasteiger partial charge is 0.0886 e. The highest BCUT2D eigenvalue weighted by molar-refractivity contribution is 5.63. The van der Waals surface area contributed by atoms with E-state index in [0.717, 1.165) is 5.56 Å². The summed E-state index contributed by atoms with van der Waals surface area (Å²) in [5, 5.41) is 0. The standard InChI is InChI=1S/C13H12N/c1-10-5-6-12(8-11(10)2)13-4-3-7-14-9-13/h3-6,8-9H,1-2H3. The van der Waals surface area contributed by atoms with Gasteiger partial charge >= 0.3 is 0 Å². The van der Waals surface area contributed by atoms with Crippen molar-refractivity contribution in [2.45, 2.75) is 13.8 Å². The number of hydrogen-bond donors (Lipinski definition) is 0. The average Bonchev–Trinajstić information content (AvgIpc) is 2.23. The van der Waals surface area contributed by atoms with Gasteiger partial charge in [-0.05, 0) is 36.6 Å². The fourth-order valence-corrected chi connectivity index (χ4v) is 1.41. The van der Waals surface area contributed by atoms with E-state index < -0.39 is 0 Å². The van der Waals surface area contributed by atoms with E-state index in [1.54, 1.807) is 0 Å². The lowest BCUT2D eigenvalue weighted by Crippen LogP contribution is -1.83. The van der Waals surface area contributed by atoms with Gasteiger partial charge in [0.25, 0.3) is 0 Å². The number of rotatable bonds is 1. The maximum absolute atomic E-state index is 3.99. The third kappa shape index (κ3) is 1.67. The molecular weight excluding hydrogens is 170 g/mol. The van der Waals surface area contributed by atoms with Gasteiger partial charge in [0.1, 0.15) is 0 Å². The summed E-state index contributed by atoms with van der Waals surface area (Å²) in [6.07, 6.45) is 4.62. The van der Waals surface area contributed by atoms with Crippen LogP contribution in [0.1, 0.15) is 11.1 Å². The second kappa shape index (κ2) is 3.62. The Morgan fingerprint density at radius 2 is 1.86 bits per heavy atom. The van der Waals surface area contributed by atoms with Crippen LogP contribution < -0.4 is 0 Å². The molecule has 0 saturated carbocycles. The summed E-state index contributed by atoms with van der Waals surface area (Å²) in [7, 11) is 0. The second-order valence-corrected chi connectivity index (χ2v) is 3.48. The van der Waals surface area contributed by atoms with Crippen LogP contribution in [0.5, 0.6) is 0 Å². The first-order valence-corrected chi connectivity index (χ1v) is 4.67. The lowest BCUT2D eigenvalue weighted by molar-refractivity contribution is 1.30. The molecule has 14 heavy (non-hydrogen) atoms. The molecular formula is C13H12N. The van der Waals surface area contributed by atoms with E-state index in [9.17, 15) is 0 Å². The number of benzene rings is 1. The van der Waals surface area contributed by atoms with Crippen molar-refractivity contribution in [3.8, 4) is 11.1 Å². The Hall–Kier alpha value is -1.63. The molecule has 0 spiro atoms. The molecule has 0 saturated heterocycles. The van der Waals surface area contributed by atoms with Gasteiger partial charge in [0.2, 0.25) is 0 Å². The van der Waals surface area contributed by atoms with Crippen LogP contribution in [0.25, 0.3) is 11.1 Å². The summed E-state index contributed by atoms with van der Waals surface area (Å²) in [6.45, 7) is 4.25. The lowest BCUT2D eigenvalue weighted by atomic mass is 10.0. The first kappa shape index (κ1) is 8.95. The third-order valence-electron chi connectivity index (χ3n) is 2.46. The molecule has 1 nitrogen and oxygen atoms in total. The van der Waals surface area contributed by atoms with Crippen LogP contribution in [0, 0.1) is 20.0 Å². The second-order valence-electron chi connectivity index (χ2n) is 3.48. The molecule has 1 aromatic carbocycles. The van der Waals surface area contributed by atoms with Crippen molar-refractivity contribution in [3.05, 3.63) is 53.9 Å². The Labute approximate surface area is 84.4 Å². The van der Waals surface area contributed by atoms with Crippen molar-refractivity contribution in [2.24, 2.45) is 0 Å². The number of hydrogen-bond acceptors (Lipinski definition) is 1. The molecule has 0 aliphatic rings. The van der Waals surface area contributed by atoms with Gasteiger partial charge in [0.05, 0.1) is 6.20 Å². The van der Waals surface area contributed by atoms with E-state index in [0.29, 0.717) is 0 Å². The van der Waals surface area contributed by atoms with Crippen molar-refractivity contribution >= 4 is 0 Å². The van der Waals surface area contributed by atoms with Crippen LogP contribution in [0.15, 0.2) is 36.5 Å². The van der Waals surface area contributed by atoms with Gasteiger partial charge in [-0.2, -0.15) is 0 Å². The zero-order chi connectivity index (χ0) is 9.97. The molecule has 1 heterocycles. The summed E-state index contributed by atoms with van der Waals surface area (Å²) in [5.41, 5.74) is 5.00. The van der Waals surface area contributed by atoms with Crippen molar-refractivity contribution in [1.82, 2.24) is 4.98 Å². The molecule has 0 aliphatic heterocycles. The van der Waals surface area contributed by atoms with Crippen molar-refractivity contribution in [2.75, 3.05) is 0 Å². The highest BCUT2D eigenvalue weighted by atomic mass is 14.6. The summed E-state index contributed by atoms with van der Waals surface area (Å²) >= 11 is 0. The molecule has 1 heteroatoms. The third-order valence-corrected chi connectivity index (χ3v) is 2.46. The summed E-state index contributed by atoms with van der Waals surface area (Å²) in [6, 6.07) is 10.3. The molecule has 1 radical (unpaired) electrons. The lowest BCUT2D eigenvalue weighted by Gasteiger charge is -2.04. The maximum Gasteiger partial charge on any atom is 0.0886 e. The quantitative estimate of drug-likeness (QED) is 0.660. The molecule has 1 aromatic heterocycles. The fourth-order valence-electron chi connectivity index (χ4n) is 1.41. The van der Waals surface area contributed by atoms with Gasteiger partial charge in [-0.1, -0.05) is 24.3 Å². The van der Waals surface area contributed by atoms with E-state index in [2.05, 4.69) is 43.2 Å². The normalized spacial score (nSPS) is 10.1. The molecule has 2 aromatic rings. The molecule has 0 bridgehead atoms. The SMILES string of the molecule is Cc1ccc(-c2cc[c]nc2)cc1C. The van der Waals surface area contributed by atoms with Gasteiger partial charge in [-0.25, -0.2) is 0 Å². The maximum atomic E-state index is 3.99. The Morgan fingerprint density at radius 3 is 2.50 bits per heavy atom. The van der Waals surface area contributed by atoms with Gasteiger partial charge < -0.3 is 0 Å². The van der Waals surface area contributed by atoms with Crippen molar-refractivity contribution < 1.29 is 0 Å². The zero-order valence-corrected chi connectivity index (χ0v) is 8.41. The van der Waals surface area contributed by atoms with E-state index in [1.807, 2.05) is 18.3 Å². The Bertz CT molecular complexity index is 432. The molecule has 2 rings (SSSR count). The van der Waals surface area contributed by atoms with E-state index in [-0.39, 0.29) is 0 Å². The minimum atomic E-state index is 1.15. The molecule has 0 aliphatic carbocycles. The highest BCUT2D eigenvalue weighted by Crippen LogP contribution is 2.20. The predicted octanol–water partition coefficient (Wildman–Crippen LogP) is 3.17. The van der Waals surface area contributed by atoms with E-state index >= 15 is 0 Å². The van der Waals surface area contributed by atoms with Crippen molar-refractivity contribution in [3.63, 3.8) is 0 Å². The first-order chi connectivity index (χ1) is 6.77. The van der Waals surface area contributed by atoms with E-state index in [1.165, 1.54) is 16.7 Å².